The fourth-order valence-electron chi connectivity index (χ4n) is 1.45. The van der Waals surface area contributed by atoms with Crippen LogP contribution >= 0.6 is 11.8 Å². The van der Waals surface area contributed by atoms with Crippen LogP contribution in [-0.2, 0) is 6.54 Å². The van der Waals surface area contributed by atoms with Crippen molar-refractivity contribution in [1.82, 2.24) is 4.90 Å². The Kier molecular flexibility index (Phi) is 5.58. The minimum atomic E-state index is 0.851. The molecule has 2 N–H and O–H groups in total. The highest BCUT2D eigenvalue weighted by molar-refractivity contribution is 7.99. The summed E-state index contributed by atoms with van der Waals surface area (Å²) in [6.07, 6.45) is 0. The van der Waals surface area contributed by atoms with Crippen LogP contribution < -0.4 is 5.73 Å². The molecule has 1 rings (SSSR count). The molecule has 0 unspecified atom stereocenters. The molecule has 0 aliphatic rings. The SMILES string of the molecule is CCSCCN(C)Cc1cccc(N)c1. The van der Waals surface area contributed by atoms with Crippen molar-refractivity contribution < 1.29 is 0 Å². The van der Waals surface area contributed by atoms with E-state index in [0.29, 0.717) is 0 Å². The summed E-state index contributed by atoms with van der Waals surface area (Å²) in [6.45, 7) is 4.31. The topological polar surface area (TPSA) is 29.3 Å². The fraction of sp³-hybridized carbons (Fsp3) is 0.500. The lowest BCUT2D eigenvalue weighted by Gasteiger charge is -2.16. The third kappa shape index (κ3) is 5.09. The predicted molar refractivity (Wildman–Crippen MR) is 70.2 cm³/mol. The van der Waals surface area contributed by atoms with Crippen LogP contribution in [0.3, 0.4) is 0 Å². The van der Waals surface area contributed by atoms with Gasteiger partial charge in [-0.05, 0) is 30.5 Å². The maximum Gasteiger partial charge on any atom is 0.0317 e. The highest BCUT2D eigenvalue weighted by atomic mass is 32.2. The van der Waals surface area contributed by atoms with Gasteiger partial charge in [-0.15, -0.1) is 0 Å². The van der Waals surface area contributed by atoms with Crippen molar-refractivity contribution >= 4 is 17.4 Å². The molecule has 1 aromatic rings. The molecule has 0 spiro atoms. The zero-order chi connectivity index (χ0) is 11.1. The van der Waals surface area contributed by atoms with Crippen molar-refractivity contribution in [3.8, 4) is 0 Å². The monoisotopic (exact) mass is 224 g/mol. The fourth-order valence-corrected chi connectivity index (χ4v) is 2.18. The van der Waals surface area contributed by atoms with Gasteiger partial charge in [0.2, 0.25) is 0 Å². The van der Waals surface area contributed by atoms with Gasteiger partial charge < -0.3 is 10.6 Å². The number of anilines is 1. The van der Waals surface area contributed by atoms with Gasteiger partial charge in [-0.3, -0.25) is 0 Å². The molecule has 3 heteroatoms. The second kappa shape index (κ2) is 6.75. The Bertz CT molecular complexity index is 289. The van der Waals surface area contributed by atoms with Crippen LogP contribution in [0.5, 0.6) is 0 Å². The lowest BCUT2D eigenvalue weighted by molar-refractivity contribution is 0.349. The normalized spacial score (nSPS) is 10.9. The number of nitrogens with zero attached hydrogens (tertiary/aromatic N) is 1. The quantitative estimate of drug-likeness (QED) is 0.594. The lowest BCUT2D eigenvalue weighted by Crippen LogP contribution is -2.20. The third-order valence-corrected chi connectivity index (χ3v) is 3.10. The Hall–Kier alpha value is -0.670. The average molecular weight is 224 g/mol. The summed E-state index contributed by atoms with van der Waals surface area (Å²) >= 11 is 1.98. The van der Waals surface area contributed by atoms with E-state index >= 15 is 0 Å². The second-order valence-corrected chi connectivity index (χ2v) is 5.07. The summed E-state index contributed by atoms with van der Waals surface area (Å²) in [6, 6.07) is 8.11. The van der Waals surface area contributed by atoms with Crippen LogP contribution in [0.1, 0.15) is 12.5 Å². The molecule has 0 radical (unpaired) electrons. The van der Waals surface area contributed by atoms with Gasteiger partial charge in [-0.2, -0.15) is 11.8 Å². The Labute approximate surface area is 96.8 Å². The van der Waals surface area contributed by atoms with Gasteiger partial charge in [-0.25, -0.2) is 0 Å². The first-order chi connectivity index (χ1) is 7.22. The molecule has 0 aromatic heterocycles. The molecule has 0 aliphatic heterocycles. The smallest absolute Gasteiger partial charge is 0.0317 e. The standard InChI is InChI=1S/C12H20N2S/c1-3-15-8-7-14(2)10-11-5-4-6-12(13)9-11/h4-6,9H,3,7-8,10,13H2,1-2H3. The summed E-state index contributed by atoms with van der Waals surface area (Å²) in [5, 5.41) is 0. The van der Waals surface area contributed by atoms with Crippen LogP contribution in [-0.4, -0.2) is 30.0 Å². The first-order valence-corrected chi connectivity index (χ1v) is 6.48. The van der Waals surface area contributed by atoms with E-state index < -0.39 is 0 Å². The predicted octanol–water partition coefficient (Wildman–Crippen LogP) is 2.45. The molecule has 1 aromatic carbocycles. The zero-order valence-corrected chi connectivity index (χ0v) is 10.4. The van der Waals surface area contributed by atoms with Crippen molar-refractivity contribution in [2.45, 2.75) is 13.5 Å². The summed E-state index contributed by atoms with van der Waals surface area (Å²) in [4.78, 5) is 2.33. The first-order valence-electron chi connectivity index (χ1n) is 5.33. The third-order valence-electron chi connectivity index (χ3n) is 2.22. The molecule has 84 valence electrons. The number of rotatable bonds is 6. The Morgan fingerprint density at radius 3 is 2.87 bits per heavy atom. The van der Waals surface area contributed by atoms with Gasteiger partial charge in [0, 0.05) is 24.5 Å². The highest BCUT2D eigenvalue weighted by Crippen LogP contribution is 2.09. The Morgan fingerprint density at radius 2 is 2.20 bits per heavy atom. The first kappa shape index (κ1) is 12.4. The van der Waals surface area contributed by atoms with Gasteiger partial charge in [0.05, 0.1) is 0 Å². The van der Waals surface area contributed by atoms with Gasteiger partial charge in [-0.1, -0.05) is 19.1 Å². The minimum absolute atomic E-state index is 0.851. The Balaban J connectivity index is 2.34. The molecule has 0 bridgehead atoms. The Morgan fingerprint density at radius 1 is 1.40 bits per heavy atom. The number of hydrogen-bond donors (Lipinski definition) is 1. The summed E-state index contributed by atoms with van der Waals surface area (Å²) in [5.74, 6) is 2.40. The van der Waals surface area contributed by atoms with E-state index in [-0.39, 0.29) is 0 Å². The number of hydrogen-bond acceptors (Lipinski definition) is 3. The lowest BCUT2D eigenvalue weighted by atomic mass is 10.2. The molecule has 0 amide bonds. The number of nitrogens with two attached hydrogens (primary N) is 1. The van der Waals surface area contributed by atoms with E-state index in [0.717, 1.165) is 18.8 Å². The number of benzene rings is 1. The van der Waals surface area contributed by atoms with Crippen molar-refractivity contribution in [2.24, 2.45) is 0 Å². The molecular weight excluding hydrogens is 204 g/mol. The molecular formula is C12H20N2S. The van der Waals surface area contributed by atoms with Gasteiger partial charge >= 0.3 is 0 Å². The van der Waals surface area contributed by atoms with Crippen molar-refractivity contribution in [3.05, 3.63) is 29.8 Å². The second-order valence-electron chi connectivity index (χ2n) is 3.68. The summed E-state index contributed by atoms with van der Waals surface area (Å²) < 4.78 is 0. The van der Waals surface area contributed by atoms with Crippen LogP contribution in [0.15, 0.2) is 24.3 Å². The zero-order valence-electron chi connectivity index (χ0n) is 9.57. The van der Waals surface area contributed by atoms with Crippen molar-refractivity contribution in [1.29, 1.82) is 0 Å². The van der Waals surface area contributed by atoms with E-state index in [1.807, 2.05) is 30.0 Å². The molecule has 0 aliphatic carbocycles. The van der Waals surface area contributed by atoms with Crippen LogP contribution in [0, 0.1) is 0 Å². The molecule has 2 nitrogen and oxygen atoms in total. The average Bonchev–Trinajstić information content (AvgIpc) is 2.18. The summed E-state index contributed by atoms with van der Waals surface area (Å²) in [5.41, 5.74) is 7.87. The maximum absolute atomic E-state index is 5.73. The molecule has 15 heavy (non-hydrogen) atoms. The largest absolute Gasteiger partial charge is 0.399 e. The summed E-state index contributed by atoms with van der Waals surface area (Å²) in [7, 11) is 2.15. The van der Waals surface area contributed by atoms with E-state index in [1.54, 1.807) is 0 Å². The van der Waals surface area contributed by atoms with Crippen LogP contribution in [0.25, 0.3) is 0 Å². The maximum atomic E-state index is 5.73. The highest BCUT2D eigenvalue weighted by Gasteiger charge is 2.00. The molecule has 0 heterocycles. The molecule has 0 atom stereocenters. The van der Waals surface area contributed by atoms with E-state index in [4.69, 9.17) is 5.73 Å². The van der Waals surface area contributed by atoms with E-state index in [2.05, 4.69) is 24.9 Å². The van der Waals surface area contributed by atoms with Crippen molar-refractivity contribution in [3.63, 3.8) is 0 Å². The van der Waals surface area contributed by atoms with Gasteiger partial charge in [0.25, 0.3) is 0 Å². The minimum Gasteiger partial charge on any atom is -0.399 e. The molecule has 0 saturated heterocycles. The number of nitrogen functional groups attached to an aromatic ring is 1. The van der Waals surface area contributed by atoms with E-state index in [1.165, 1.54) is 17.1 Å². The van der Waals surface area contributed by atoms with Crippen LogP contribution in [0.2, 0.25) is 0 Å². The van der Waals surface area contributed by atoms with Gasteiger partial charge in [0.1, 0.15) is 0 Å². The van der Waals surface area contributed by atoms with Crippen molar-refractivity contribution in [2.75, 3.05) is 30.8 Å². The molecule has 0 saturated carbocycles. The van der Waals surface area contributed by atoms with E-state index in [9.17, 15) is 0 Å². The number of thioether (sulfide) groups is 1. The van der Waals surface area contributed by atoms with Gasteiger partial charge in [0.15, 0.2) is 0 Å². The van der Waals surface area contributed by atoms with Crippen LogP contribution in [0.4, 0.5) is 5.69 Å². The molecule has 0 fully saturated rings.